The van der Waals surface area contributed by atoms with Gasteiger partial charge in [-0.05, 0) is 62.7 Å². The number of carboxylic acids is 2. The lowest BCUT2D eigenvalue weighted by Crippen LogP contribution is -2.26. The number of hydrogen-bond donors (Lipinski definition) is 0. The second-order valence-electron chi connectivity index (χ2n) is 18.8. The van der Waals surface area contributed by atoms with Crippen molar-refractivity contribution in [1.82, 2.24) is 0 Å². The summed E-state index contributed by atoms with van der Waals surface area (Å²) in [6.07, 6.45) is 0. The zero-order valence-corrected chi connectivity index (χ0v) is 43.4. The van der Waals surface area contributed by atoms with Gasteiger partial charge in [-0.1, -0.05) is 182 Å². The molecule has 0 aliphatic carbocycles. The van der Waals surface area contributed by atoms with Gasteiger partial charge in [-0.3, -0.25) is 0 Å². The molecule has 0 aliphatic rings. The maximum atomic E-state index is 10.6. The minimum Gasteiger partial charge on any atom is -0.744 e. The van der Waals surface area contributed by atoms with Crippen molar-refractivity contribution in [2.24, 2.45) is 0 Å². The molecule has 0 heterocycles. The fourth-order valence-corrected chi connectivity index (χ4v) is 15.0. The summed E-state index contributed by atoms with van der Waals surface area (Å²) in [5, 5.41) is 20.9. The Kier molecular flexibility index (Phi) is 20.0. The van der Waals surface area contributed by atoms with E-state index in [1.807, 2.05) is 0 Å². The lowest BCUT2D eigenvalue weighted by Gasteiger charge is -2.25. The van der Waals surface area contributed by atoms with Crippen molar-refractivity contribution < 1.29 is 32.8 Å². The van der Waals surface area contributed by atoms with Gasteiger partial charge in [0.25, 0.3) is 0 Å². The molecular formula is C56H63O7P3S. The van der Waals surface area contributed by atoms with Crippen LogP contribution in [0.4, 0.5) is 0 Å². The summed E-state index contributed by atoms with van der Waals surface area (Å²) in [5.74, 6) is -3.60. The smallest absolute Gasteiger partial charge is 0.124 e. The lowest BCUT2D eigenvalue weighted by molar-refractivity contribution is -0.255. The highest BCUT2D eigenvalue weighted by molar-refractivity contribution is 7.85. The predicted molar refractivity (Wildman–Crippen MR) is 281 cm³/mol. The molecule has 67 heavy (non-hydrogen) atoms. The Hall–Kier alpha value is -5.32. The van der Waals surface area contributed by atoms with Gasteiger partial charge in [-0.2, -0.15) is 0 Å². The molecule has 0 spiro atoms. The van der Waals surface area contributed by atoms with Crippen LogP contribution in [0, 0.1) is 0 Å². The van der Waals surface area contributed by atoms with E-state index in [-0.39, 0.29) is 0 Å². The van der Waals surface area contributed by atoms with Gasteiger partial charge in [0.1, 0.15) is 27.1 Å². The van der Waals surface area contributed by atoms with Crippen molar-refractivity contribution in [2.45, 2.75) is 21.9 Å². The largest absolute Gasteiger partial charge is 0.744 e. The van der Waals surface area contributed by atoms with E-state index >= 15 is 0 Å². The number of hydrogen-bond acceptors (Lipinski definition) is 7. The van der Waals surface area contributed by atoms with Crippen molar-refractivity contribution in [2.75, 3.05) is 60.0 Å². The summed E-state index contributed by atoms with van der Waals surface area (Å²) < 4.78 is 31.8. The van der Waals surface area contributed by atoms with Crippen molar-refractivity contribution in [3.05, 3.63) is 245 Å². The van der Waals surface area contributed by atoms with Gasteiger partial charge in [-0.15, -0.1) is 0 Å². The Labute approximate surface area is 401 Å². The van der Waals surface area contributed by atoms with E-state index in [1.165, 1.54) is 33.4 Å². The highest BCUT2D eigenvalue weighted by Crippen LogP contribution is 2.65. The molecule has 0 bridgehead atoms. The average molecular weight is 973 g/mol. The maximum Gasteiger partial charge on any atom is 0.124 e. The number of benzene rings is 7. The summed E-state index contributed by atoms with van der Waals surface area (Å²) in [6, 6.07) is 66.9. The van der Waals surface area contributed by atoms with Crippen LogP contribution in [0.2, 0.25) is 0 Å². The molecule has 0 aromatic heterocycles. The first-order chi connectivity index (χ1) is 31.5. The molecule has 0 saturated carbocycles. The van der Waals surface area contributed by atoms with Crippen LogP contribution in [-0.2, 0) is 10.1 Å². The molecule has 0 radical (unpaired) electrons. The maximum absolute atomic E-state index is 10.6. The molecular weight excluding hydrogens is 910 g/mol. The molecule has 0 atom stereocenters. The first kappa shape index (κ1) is 54.3. The fraction of sp³-hybridized carbons (Fsp3) is 0.214. The molecule has 0 saturated heterocycles. The summed E-state index contributed by atoms with van der Waals surface area (Å²) in [7, 11) is -7.86. The summed E-state index contributed by atoms with van der Waals surface area (Å²) in [6.45, 7) is 21.7. The fourth-order valence-electron chi connectivity index (χ4n) is 8.05. The van der Waals surface area contributed by atoms with Crippen LogP contribution in [0.3, 0.4) is 0 Å². The van der Waals surface area contributed by atoms with Crippen LogP contribution in [0.1, 0.15) is 71.1 Å². The first-order valence-electron chi connectivity index (χ1n) is 21.7. The van der Waals surface area contributed by atoms with Crippen molar-refractivity contribution in [3.8, 4) is 0 Å². The van der Waals surface area contributed by atoms with Crippen LogP contribution in [-0.4, -0.2) is 84.9 Å². The topological polar surface area (TPSA) is 137 Å². The summed E-state index contributed by atoms with van der Waals surface area (Å²) >= 11 is 0. The number of carbonyl (C=O) groups excluding carboxylic acids is 2. The Balaban J connectivity index is 0.000000195. The molecule has 350 valence electrons. The number of carboxylic acid groups (broad SMARTS) is 2. The van der Waals surface area contributed by atoms with Gasteiger partial charge in [-0.25, -0.2) is 8.42 Å². The second-order valence-corrected chi connectivity index (χ2v) is 34.4. The third-order valence-electron chi connectivity index (χ3n) is 10.7. The summed E-state index contributed by atoms with van der Waals surface area (Å²) in [4.78, 5) is 19.9. The predicted octanol–water partition coefficient (Wildman–Crippen LogP) is 11.4. The molecule has 11 heteroatoms. The molecule has 0 fully saturated rings. The quantitative estimate of drug-likeness (QED) is 0.0878. The van der Waals surface area contributed by atoms with Crippen molar-refractivity contribution in [1.29, 1.82) is 0 Å². The van der Waals surface area contributed by atoms with E-state index < -0.39 is 59.9 Å². The minimum absolute atomic E-state index is 0.518. The molecule has 7 aromatic rings. The van der Waals surface area contributed by atoms with Crippen LogP contribution in [0.25, 0.3) is 0 Å². The number of carbonyl (C=O) groups is 2. The van der Waals surface area contributed by atoms with E-state index in [9.17, 15) is 32.8 Å². The van der Waals surface area contributed by atoms with E-state index in [0.29, 0.717) is 35.2 Å². The standard InChI is InChI=1S/3C16H20P.C8H6O7S/c3*1-17(2,3)16(14-10-6-4-7-11-14)15-12-8-5-9-13-15;9-7(10)4-1-5(8(11)12)3-6(2-4)16(13,14)15/h3*4-13,16H,1-3H3;1-3H,(H,9,10)(H,11,12)(H,13,14,15)/q3*+1;/p-3. The van der Waals surface area contributed by atoms with Crippen molar-refractivity contribution in [3.63, 3.8) is 0 Å². The van der Waals surface area contributed by atoms with Gasteiger partial charge in [0.05, 0.1) is 16.8 Å². The number of rotatable bonds is 12. The van der Waals surface area contributed by atoms with Crippen LogP contribution >= 0.6 is 21.8 Å². The first-order valence-corrected chi connectivity index (χ1v) is 32.8. The van der Waals surface area contributed by atoms with E-state index in [0.717, 1.165) is 0 Å². The normalized spacial score (nSPS) is 11.6. The zero-order valence-electron chi connectivity index (χ0n) is 39.9. The van der Waals surface area contributed by atoms with Gasteiger partial charge < -0.3 is 24.4 Å². The van der Waals surface area contributed by atoms with Gasteiger partial charge >= 0.3 is 0 Å². The molecule has 0 N–H and O–H groups in total. The van der Waals surface area contributed by atoms with E-state index in [2.05, 4.69) is 242 Å². The third kappa shape index (κ3) is 17.1. The van der Waals surface area contributed by atoms with E-state index in [4.69, 9.17) is 0 Å². The minimum atomic E-state index is -4.95. The highest BCUT2D eigenvalue weighted by Gasteiger charge is 2.36. The highest BCUT2D eigenvalue weighted by atomic mass is 32.2. The van der Waals surface area contributed by atoms with Gasteiger partial charge in [0.15, 0.2) is 0 Å². The molecule has 0 amide bonds. The van der Waals surface area contributed by atoms with Gasteiger partial charge in [0.2, 0.25) is 0 Å². The third-order valence-corrected chi connectivity index (χ3v) is 17.9. The van der Waals surface area contributed by atoms with E-state index in [1.54, 1.807) is 0 Å². The second kappa shape index (κ2) is 24.6. The monoisotopic (exact) mass is 972 g/mol. The average Bonchev–Trinajstić information content (AvgIpc) is 3.27. The Morgan fingerprint density at radius 2 is 0.537 bits per heavy atom. The van der Waals surface area contributed by atoms with Crippen LogP contribution in [0.15, 0.2) is 205 Å². The Bertz CT molecular complexity index is 2330. The number of aromatic carboxylic acids is 2. The Morgan fingerprint density at radius 1 is 0.358 bits per heavy atom. The molecule has 7 aromatic carbocycles. The van der Waals surface area contributed by atoms with Gasteiger partial charge in [0, 0.05) is 81.8 Å². The van der Waals surface area contributed by atoms with Crippen molar-refractivity contribution >= 4 is 43.8 Å². The van der Waals surface area contributed by atoms with Crippen LogP contribution < -0.4 is 10.2 Å². The molecule has 0 unspecified atom stereocenters. The Morgan fingerprint density at radius 3 is 0.672 bits per heavy atom. The molecule has 7 nitrogen and oxygen atoms in total. The molecule has 7 rings (SSSR count). The van der Waals surface area contributed by atoms with Crippen LogP contribution in [0.5, 0.6) is 0 Å². The summed E-state index contributed by atoms with van der Waals surface area (Å²) in [5.41, 5.74) is 8.89. The zero-order chi connectivity index (χ0) is 49.4. The SMILES string of the molecule is C[P+](C)(C)C(c1ccccc1)c1ccccc1.C[P+](C)(C)C(c1ccccc1)c1ccccc1.C[P+](C)(C)C(c1ccccc1)c1ccccc1.O=C([O-])c1cc(C(=O)[O-])cc(S(=O)(=O)[O-])c1. The molecule has 0 aliphatic heterocycles. The lowest BCUT2D eigenvalue weighted by atomic mass is 10.0.